The average Bonchev–Trinajstić information content (AvgIpc) is 3.41. The van der Waals surface area contributed by atoms with E-state index in [1.54, 1.807) is 17.0 Å². The van der Waals surface area contributed by atoms with Crippen molar-refractivity contribution in [3.8, 4) is 5.75 Å². The van der Waals surface area contributed by atoms with Crippen LogP contribution in [0.5, 0.6) is 5.75 Å². The van der Waals surface area contributed by atoms with Gasteiger partial charge in [-0.2, -0.15) is 0 Å². The molecule has 2 heterocycles. The number of carbonyl (C=O) groups is 3. The first-order valence-corrected chi connectivity index (χ1v) is 11.5. The minimum absolute atomic E-state index is 0.0251. The molecule has 0 bridgehead atoms. The smallest absolute Gasteiger partial charge is 0.329 e. The SMILES string of the molecule is C[C@@]12CC(C(=O)OCc3ccccc3)N(C(=O)CNC(=O)c3ccc4c(c3)CCCO4)C1C2. The summed E-state index contributed by atoms with van der Waals surface area (Å²) < 4.78 is 11.1. The second kappa shape index (κ2) is 8.54. The van der Waals surface area contributed by atoms with Crippen molar-refractivity contribution in [3.05, 3.63) is 65.2 Å². The van der Waals surface area contributed by atoms with Crippen molar-refractivity contribution in [1.29, 1.82) is 0 Å². The average molecular weight is 449 g/mol. The summed E-state index contributed by atoms with van der Waals surface area (Å²) in [7, 11) is 0. The molecule has 2 aromatic carbocycles. The number of likely N-dealkylation sites (tertiary alicyclic amines) is 1. The zero-order valence-electron chi connectivity index (χ0n) is 18.7. The minimum Gasteiger partial charge on any atom is -0.493 e. The largest absolute Gasteiger partial charge is 0.493 e. The van der Waals surface area contributed by atoms with Crippen molar-refractivity contribution in [2.24, 2.45) is 5.41 Å². The third kappa shape index (κ3) is 4.32. The summed E-state index contributed by atoms with van der Waals surface area (Å²) in [4.78, 5) is 40.2. The summed E-state index contributed by atoms with van der Waals surface area (Å²) in [6, 6.07) is 14.2. The third-order valence-electron chi connectivity index (χ3n) is 6.99. The lowest BCUT2D eigenvalue weighted by molar-refractivity contribution is -0.155. The van der Waals surface area contributed by atoms with E-state index in [2.05, 4.69) is 12.2 Å². The van der Waals surface area contributed by atoms with Crippen molar-refractivity contribution in [2.45, 2.75) is 51.3 Å². The van der Waals surface area contributed by atoms with E-state index in [1.165, 1.54) is 0 Å². The van der Waals surface area contributed by atoms with Gasteiger partial charge in [0.1, 0.15) is 18.4 Å². The van der Waals surface area contributed by atoms with Crippen LogP contribution < -0.4 is 10.1 Å². The number of amides is 2. The van der Waals surface area contributed by atoms with E-state index in [9.17, 15) is 14.4 Å². The molecule has 2 amide bonds. The molecule has 1 saturated carbocycles. The first-order valence-electron chi connectivity index (χ1n) is 11.5. The van der Waals surface area contributed by atoms with Gasteiger partial charge in [0.25, 0.3) is 5.91 Å². The molecule has 7 heteroatoms. The molecule has 0 spiro atoms. The molecule has 7 nitrogen and oxygen atoms in total. The lowest BCUT2D eigenvalue weighted by Gasteiger charge is -2.26. The van der Waals surface area contributed by atoms with Gasteiger partial charge in [0.05, 0.1) is 13.2 Å². The van der Waals surface area contributed by atoms with Gasteiger partial charge in [0.2, 0.25) is 5.91 Å². The van der Waals surface area contributed by atoms with Gasteiger partial charge in [0, 0.05) is 11.6 Å². The molecule has 2 aromatic rings. The van der Waals surface area contributed by atoms with Gasteiger partial charge in [-0.25, -0.2) is 4.79 Å². The lowest BCUT2D eigenvalue weighted by atomic mass is 10.0. The zero-order valence-corrected chi connectivity index (χ0v) is 18.7. The van der Waals surface area contributed by atoms with Crippen LogP contribution in [0.4, 0.5) is 0 Å². The molecule has 0 aromatic heterocycles. The van der Waals surface area contributed by atoms with Crippen LogP contribution in [0.25, 0.3) is 0 Å². The van der Waals surface area contributed by atoms with Crippen LogP contribution in [0.15, 0.2) is 48.5 Å². The van der Waals surface area contributed by atoms with Crippen molar-refractivity contribution in [1.82, 2.24) is 10.2 Å². The molecule has 1 saturated heterocycles. The number of aryl methyl sites for hydroxylation is 1. The molecule has 0 radical (unpaired) electrons. The Labute approximate surface area is 193 Å². The van der Waals surface area contributed by atoms with Gasteiger partial charge in [-0.05, 0) is 60.4 Å². The fraction of sp³-hybridized carbons (Fsp3) is 0.423. The summed E-state index contributed by atoms with van der Waals surface area (Å²) in [5.74, 6) is -0.132. The van der Waals surface area contributed by atoms with E-state index in [-0.39, 0.29) is 42.4 Å². The number of piperidine rings is 1. The summed E-state index contributed by atoms with van der Waals surface area (Å²) in [6.45, 7) is 2.81. The van der Waals surface area contributed by atoms with Crippen LogP contribution in [-0.2, 0) is 27.4 Å². The van der Waals surface area contributed by atoms with Crippen LogP contribution in [-0.4, -0.2) is 47.9 Å². The summed E-state index contributed by atoms with van der Waals surface area (Å²) in [6.07, 6.45) is 3.26. The van der Waals surface area contributed by atoms with Crippen molar-refractivity contribution >= 4 is 17.8 Å². The van der Waals surface area contributed by atoms with E-state index in [0.29, 0.717) is 18.6 Å². The summed E-state index contributed by atoms with van der Waals surface area (Å²) >= 11 is 0. The number of benzene rings is 2. The Morgan fingerprint density at radius 2 is 1.97 bits per heavy atom. The second-order valence-corrected chi connectivity index (χ2v) is 9.45. The van der Waals surface area contributed by atoms with Crippen molar-refractivity contribution < 1.29 is 23.9 Å². The lowest BCUT2D eigenvalue weighted by Crippen LogP contribution is -2.48. The van der Waals surface area contributed by atoms with Gasteiger partial charge in [-0.15, -0.1) is 0 Å². The normalized spacial score (nSPS) is 24.8. The molecule has 5 rings (SSSR count). The van der Waals surface area contributed by atoms with Crippen LogP contribution >= 0.6 is 0 Å². The van der Waals surface area contributed by atoms with Gasteiger partial charge in [-0.1, -0.05) is 37.3 Å². The molecule has 33 heavy (non-hydrogen) atoms. The van der Waals surface area contributed by atoms with E-state index < -0.39 is 6.04 Å². The number of carbonyl (C=O) groups excluding carboxylic acids is 3. The Morgan fingerprint density at radius 3 is 2.79 bits per heavy atom. The number of nitrogens with zero attached hydrogens (tertiary/aromatic N) is 1. The molecule has 172 valence electrons. The van der Waals surface area contributed by atoms with Crippen molar-refractivity contribution in [3.63, 3.8) is 0 Å². The Bertz CT molecular complexity index is 1090. The fourth-order valence-electron chi connectivity index (χ4n) is 5.01. The van der Waals surface area contributed by atoms with Gasteiger partial charge >= 0.3 is 5.97 Å². The number of hydrogen-bond acceptors (Lipinski definition) is 5. The standard InChI is InChI=1S/C26H28N2O5/c1-26-13-20(25(31)33-16-17-6-3-2-4-7-17)28(22(26)14-26)23(29)15-27-24(30)19-9-10-21-18(12-19)8-5-11-32-21/h2-4,6-7,9-10,12,20,22H,5,8,11,13-16H2,1H3,(H,27,30)/t20?,22?,26-/m0/s1. The Balaban J connectivity index is 1.20. The van der Waals surface area contributed by atoms with Crippen LogP contribution in [0, 0.1) is 5.41 Å². The highest BCUT2D eigenvalue weighted by atomic mass is 16.5. The number of ether oxygens (including phenoxy) is 2. The monoisotopic (exact) mass is 448 g/mol. The van der Waals surface area contributed by atoms with E-state index in [0.717, 1.165) is 36.1 Å². The minimum atomic E-state index is -0.609. The Morgan fingerprint density at radius 1 is 1.15 bits per heavy atom. The Kier molecular flexibility index (Phi) is 5.56. The van der Waals surface area contributed by atoms with Crippen LogP contribution in [0.3, 0.4) is 0 Å². The molecule has 1 aliphatic carbocycles. The number of fused-ring (bicyclic) bond motifs is 2. The molecule has 2 fully saturated rings. The topological polar surface area (TPSA) is 84.9 Å². The zero-order chi connectivity index (χ0) is 23.0. The van der Waals surface area contributed by atoms with E-state index in [4.69, 9.17) is 9.47 Å². The van der Waals surface area contributed by atoms with Gasteiger partial charge < -0.3 is 19.7 Å². The Hall–Kier alpha value is -3.35. The van der Waals surface area contributed by atoms with E-state index in [1.807, 2.05) is 36.4 Å². The van der Waals surface area contributed by atoms with E-state index >= 15 is 0 Å². The first-order chi connectivity index (χ1) is 15.9. The van der Waals surface area contributed by atoms with Crippen LogP contribution in [0.2, 0.25) is 0 Å². The highest BCUT2D eigenvalue weighted by molar-refractivity contribution is 5.97. The van der Waals surface area contributed by atoms with Gasteiger partial charge in [-0.3, -0.25) is 9.59 Å². The van der Waals surface area contributed by atoms with Gasteiger partial charge in [0.15, 0.2) is 0 Å². The number of esters is 1. The molecular weight excluding hydrogens is 420 g/mol. The second-order valence-electron chi connectivity index (χ2n) is 9.45. The fourth-order valence-corrected chi connectivity index (χ4v) is 5.01. The van der Waals surface area contributed by atoms with Crippen molar-refractivity contribution in [2.75, 3.05) is 13.2 Å². The molecule has 2 unspecified atom stereocenters. The number of rotatable bonds is 6. The summed E-state index contributed by atoms with van der Waals surface area (Å²) in [5.41, 5.74) is 2.37. The highest BCUT2D eigenvalue weighted by Crippen LogP contribution is 2.59. The maximum Gasteiger partial charge on any atom is 0.329 e. The quantitative estimate of drug-likeness (QED) is 0.687. The summed E-state index contributed by atoms with van der Waals surface area (Å²) in [5, 5.41) is 2.73. The number of nitrogens with one attached hydrogen (secondary N) is 1. The molecular formula is C26H28N2O5. The molecule has 3 aliphatic rings. The highest BCUT2D eigenvalue weighted by Gasteiger charge is 2.64. The number of hydrogen-bond donors (Lipinski definition) is 1. The predicted octanol–water partition coefficient (Wildman–Crippen LogP) is 2.86. The molecule has 3 atom stereocenters. The first kappa shape index (κ1) is 21.5. The third-order valence-corrected chi connectivity index (χ3v) is 6.99. The maximum absolute atomic E-state index is 13.1. The maximum atomic E-state index is 13.1. The molecule has 1 N–H and O–H groups in total. The molecule has 2 aliphatic heterocycles. The predicted molar refractivity (Wildman–Crippen MR) is 121 cm³/mol. The van der Waals surface area contributed by atoms with Crippen LogP contribution in [0.1, 0.15) is 47.7 Å².